The van der Waals surface area contributed by atoms with Crippen LogP contribution in [-0.4, -0.2) is 16.7 Å². The highest BCUT2D eigenvalue weighted by molar-refractivity contribution is 9.11. The highest BCUT2D eigenvalue weighted by Crippen LogP contribution is 2.30. The molecule has 1 aliphatic carbocycles. The van der Waals surface area contributed by atoms with Crippen LogP contribution in [0.25, 0.3) is 0 Å². The molecule has 5 heteroatoms. The van der Waals surface area contributed by atoms with Gasteiger partial charge in [-0.25, -0.2) is 0 Å². The summed E-state index contributed by atoms with van der Waals surface area (Å²) >= 11 is 4.86. The summed E-state index contributed by atoms with van der Waals surface area (Å²) in [6, 6.07) is 0. The van der Waals surface area contributed by atoms with Gasteiger partial charge in [-0.15, -0.1) is 10.2 Å². The molecule has 1 fully saturated rings. The van der Waals surface area contributed by atoms with Crippen LogP contribution in [0.1, 0.15) is 26.2 Å². The van der Waals surface area contributed by atoms with Crippen molar-refractivity contribution in [1.82, 2.24) is 10.2 Å². The first-order valence-corrected chi connectivity index (χ1v) is 6.58. The van der Waals surface area contributed by atoms with Crippen molar-refractivity contribution >= 4 is 32.4 Å². The number of halogens is 1. The Morgan fingerprint density at radius 1 is 1.50 bits per heavy atom. The molecule has 1 aromatic heterocycles. The lowest BCUT2D eigenvalue weighted by Crippen LogP contribution is -2.11. The van der Waals surface area contributed by atoms with Gasteiger partial charge in [0.1, 0.15) is 0 Å². The van der Waals surface area contributed by atoms with Crippen LogP contribution in [-0.2, 0) is 0 Å². The molecule has 2 unspecified atom stereocenters. The van der Waals surface area contributed by atoms with Crippen molar-refractivity contribution in [1.29, 1.82) is 0 Å². The summed E-state index contributed by atoms with van der Waals surface area (Å²) in [5, 5.41) is 12.2. The van der Waals surface area contributed by atoms with Gasteiger partial charge in [0, 0.05) is 6.54 Å². The molecule has 0 radical (unpaired) electrons. The minimum absolute atomic E-state index is 0.827. The predicted molar refractivity (Wildman–Crippen MR) is 62.6 cm³/mol. The van der Waals surface area contributed by atoms with Crippen LogP contribution in [0.2, 0.25) is 0 Å². The van der Waals surface area contributed by atoms with Crippen molar-refractivity contribution in [2.24, 2.45) is 11.8 Å². The standard InChI is InChI=1S/C9H14BrN3S/c1-6-2-3-7(4-6)5-11-9-13-12-8(10)14-9/h6-7H,2-5H2,1H3,(H,11,13). The molecular formula is C9H14BrN3S. The smallest absolute Gasteiger partial charge is 0.206 e. The van der Waals surface area contributed by atoms with Gasteiger partial charge in [0.2, 0.25) is 5.13 Å². The van der Waals surface area contributed by atoms with Gasteiger partial charge >= 0.3 is 0 Å². The summed E-state index contributed by atoms with van der Waals surface area (Å²) in [6.45, 7) is 3.38. The number of anilines is 1. The Labute approximate surface area is 96.4 Å². The number of hydrogen-bond acceptors (Lipinski definition) is 4. The molecule has 1 aromatic rings. The second-order valence-electron chi connectivity index (χ2n) is 4.03. The molecule has 0 amide bonds. The molecule has 0 aliphatic heterocycles. The fraction of sp³-hybridized carbons (Fsp3) is 0.778. The minimum atomic E-state index is 0.827. The van der Waals surface area contributed by atoms with Gasteiger partial charge in [0.05, 0.1) is 0 Å². The van der Waals surface area contributed by atoms with Gasteiger partial charge in [-0.05, 0) is 40.6 Å². The lowest BCUT2D eigenvalue weighted by atomic mass is 10.1. The molecule has 1 heterocycles. The van der Waals surface area contributed by atoms with E-state index in [-0.39, 0.29) is 0 Å². The van der Waals surface area contributed by atoms with Crippen LogP contribution >= 0.6 is 27.3 Å². The van der Waals surface area contributed by atoms with Crippen molar-refractivity contribution in [3.63, 3.8) is 0 Å². The maximum absolute atomic E-state index is 4.01. The van der Waals surface area contributed by atoms with Crippen molar-refractivity contribution in [3.8, 4) is 0 Å². The maximum atomic E-state index is 4.01. The van der Waals surface area contributed by atoms with Crippen molar-refractivity contribution < 1.29 is 0 Å². The first-order chi connectivity index (χ1) is 6.74. The Kier molecular flexibility index (Phi) is 3.38. The van der Waals surface area contributed by atoms with E-state index in [0.717, 1.165) is 27.4 Å². The Bertz CT molecular complexity index is 302. The summed E-state index contributed by atoms with van der Waals surface area (Å²) in [7, 11) is 0. The van der Waals surface area contributed by atoms with Crippen LogP contribution in [0.5, 0.6) is 0 Å². The molecule has 1 saturated carbocycles. The highest BCUT2D eigenvalue weighted by Gasteiger charge is 2.21. The molecule has 0 aromatic carbocycles. The molecule has 78 valence electrons. The van der Waals surface area contributed by atoms with E-state index in [1.54, 1.807) is 11.3 Å². The normalized spacial score (nSPS) is 26.7. The maximum Gasteiger partial charge on any atom is 0.206 e. The van der Waals surface area contributed by atoms with Gasteiger partial charge in [-0.3, -0.25) is 0 Å². The number of hydrogen-bond donors (Lipinski definition) is 1. The zero-order chi connectivity index (χ0) is 9.97. The molecule has 2 rings (SSSR count). The van der Waals surface area contributed by atoms with E-state index < -0.39 is 0 Å². The largest absolute Gasteiger partial charge is 0.360 e. The number of nitrogens with one attached hydrogen (secondary N) is 1. The van der Waals surface area contributed by atoms with Crippen molar-refractivity contribution in [2.75, 3.05) is 11.9 Å². The Hall–Kier alpha value is -0.160. The van der Waals surface area contributed by atoms with E-state index in [2.05, 4.69) is 38.4 Å². The monoisotopic (exact) mass is 275 g/mol. The SMILES string of the molecule is CC1CCC(CNc2nnc(Br)s2)C1. The minimum Gasteiger partial charge on any atom is -0.360 e. The Balaban J connectivity index is 1.77. The Morgan fingerprint density at radius 3 is 2.93 bits per heavy atom. The summed E-state index contributed by atoms with van der Waals surface area (Å²) in [5.41, 5.74) is 0. The fourth-order valence-corrected chi connectivity index (χ4v) is 3.04. The summed E-state index contributed by atoms with van der Waals surface area (Å²) in [6.07, 6.45) is 4.09. The van der Waals surface area contributed by atoms with Gasteiger partial charge in [-0.1, -0.05) is 24.7 Å². The third-order valence-corrected chi connectivity index (χ3v) is 4.06. The number of aromatic nitrogens is 2. The van der Waals surface area contributed by atoms with Gasteiger partial charge in [-0.2, -0.15) is 0 Å². The average molecular weight is 276 g/mol. The summed E-state index contributed by atoms with van der Waals surface area (Å²) in [4.78, 5) is 0. The van der Waals surface area contributed by atoms with Crippen LogP contribution < -0.4 is 5.32 Å². The molecule has 14 heavy (non-hydrogen) atoms. The van der Waals surface area contributed by atoms with Crippen LogP contribution in [0.15, 0.2) is 3.92 Å². The molecule has 0 bridgehead atoms. The molecule has 2 atom stereocenters. The number of nitrogens with zero attached hydrogens (tertiary/aromatic N) is 2. The van der Waals surface area contributed by atoms with Crippen LogP contribution in [0, 0.1) is 11.8 Å². The third kappa shape index (κ3) is 2.67. The van der Waals surface area contributed by atoms with Gasteiger partial charge < -0.3 is 5.32 Å². The molecule has 0 saturated heterocycles. The van der Waals surface area contributed by atoms with E-state index in [4.69, 9.17) is 0 Å². The molecular weight excluding hydrogens is 262 g/mol. The van der Waals surface area contributed by atoms with Gasteiger partial charge in [0.15, 0.2) is 3.92 Å². The van der Waals surface area contributed by atoms with Crippen LogP contribution in [0.4, 0.5) is 5.13 Å². The van der Waals surface area contributed by atoms with Gasteiger partial charge in [0.25, 0.3) is 0 Å². The first kappa shape index (κ1) is 10.4. The van der Waals surface area contributed by atoms with E-state index in [0.29, 0.717) is 0 Å². The second kappa shape index (κ2) is 4.57. The molecule has 0 spiro atoms. The van der Waals surface area contributed by atoms with E-state index >= 15 is 0 Å². The van der Waals surface area contributed by atoms with Crippen LogP contribution in [0.3, 0.4) is 0 Å². The highest BCUT2D eigenvalue weighted by atomic mass is 79.9. The topological polar surface area (TPSA) is 37.8 Å². The van der Waals surface area contributed by atoms with Crippen molar-refractivity contribution in [2.45, 2.75) is 26.2 Å². The van der Waals surface area contributed by atoms with E-state index in [9.17, 15) is 0 Å². The fourth-order valence-electron chi connectivity index (χ4n) is 2.02. The van der Waals surface area contributed by atoms with Crippen molar-refractivity contribution in [3.05, 3.63) is 3.92 Å². The predicted octanol–water partition coefficient (Wildman–Crippen LogP) is 3.15. The zero-order valence-corrected chi connectivity index (χ0v) is 10.6. The Morgan fingerprint density at radius 2 is 2.36 bits per heavy atom. The zero-order valence-electron chi connectivity index (χ0n) is 8.16. The van der Waals surface area contributed by atoms with E-state index in [1.165, 1.54) is 19.3 Å². The molecule has 1 aliphatic rings. The summed E-state index contributed by atoms with van der Waals surface area (Å²) < 4.78 is 0.847. The quantitative estimate of drug-likeness (QED) is 0.921. The second-order valence-corrected chi connectivity index (χ2v) is 6.28. The lowest BCUT2D eigenvalue weighted by Gasteiger charge is -2.08. The summed E-state index contributed by atoms with van der Waals surface area (Å²) in [5.74, 6) is 1.73. The average Bonchev–Trinajstić information content (AvgIpc) is 2.72. The first-order valence-electron chi connectivity index (χ1n) is 4.97. The van der Waals surface area contributed by atoms with E-state index in [1.807, 2.05) is 0 Å². The lowest BCUT2D eigenvalue weighted by molar-refractivity contribution is 0.537. The molecule has 3 nitrogen and oxygen atoms in total. The number of rotatable bonds is 3. The third-order valence-electron chi connectivity index (χ3n) is 2.75. The molecule has 1 N–H and O–H groups in total.